The number of aliphatic hydroxyl groups excluding tert-OH is 1. The second kappa shape index (κ2) is 7.00. The van der Waals surface area contributed by atoms with E-state index in [9.17, 15) is 4.79 Å². The molecular formula is C11H18N2O3. The minimum Gasteiger partial charge on any atom is -0.438 e. The van der Waals surface area contributed by atoms with Crippen molar-refractivity contribution in [1.82, 2.24) is 10.3 Å². The summed E-state index contributed by atoms with van der Waals surface area (Å²) in [5, 5.41) is 11.3. The average Bonchev–Trinajstić information content (AvgIpc) is 2.69. The van der Waals surface area contributed by atoms with Crippen molar-refractivity contribution in [2.45, 2.75) is 32.6 Å². The number of hydrogen-bond donors (Lipinski definition) is 2. The molecular weight excluding hydrogens is 208 g/mol. The van der Waals surface area contributed by atoms with Gasteiger partial charge in [-0.05, 0) is 19.8 Å². The van der Waals surface area contributed by atoms with Crippen molar-refractivity contribution in [3.63, 3.8) is 0 Å². The van der Waals surface area contributed by atoms with Gasteiger partial charge < -0.3 is 14.8 Å². The number of amides is 1. The van der Waals surface area contributed by atoms with E-state index in [1.807, 2.05) is 0 Å². The number of nitrogens with zero attached hydrogens (tertiary/aromatic N) is 1. The Bertz CT molecular complexity index is 323. The molecule has 0 bridgehead atoms. The van der Waals surface area contributed by atoms with Crippen molar-refractivity contribution < 1.29 is 14.3 Å². The Labute approximate surface area is 94.9 Å². The molecule has 16 heavy (non-hydrogen) atoms. The van der Waals surface area contributed by atoms with Crippen LogP contribution in [0.15, 0.2) is 10.8 Å². The van der Waals surface area contributed by atoms with E-state index in [-0.39, 0.29) is 18.3 Å². The van der Waals surface area contributed by atoms with E-state index in [1.165, 1.54) is 6.39 Å². The standard InChI is InChI=1S/C11H18N2O3/c1-9-10(16-8-13-9)11(15)12-6-4-2-3-5-7-14/h8,14H,2-7H2,1H3,(H,12,15). The summed E-state index contributed by atoms with van der Waals surface area (Å²) in [5.41, 5.74) is 0.609. The molecule has 0 aromatic carbocycles. The number of aromatic nitrogens is 1. The smallest absolute Gasteiger partial charge is 0.288 e. The first-order valence-electron chi connectivity index (χ1n) is 5.55. The van der Waals surface area contributed by atoms with Crippen molar-refractivity contribution in [1.29, 1.82) is 0 Å². The molecule has 0 fully saturated rings. The van der Waals surface area contributed by atoms with Gasteiger partial charge in [0.15, 0.2) is 6.39 Å². The highest BCUT2D eigenvalue weighted by molar-refractivity contribution is 5.92. The van der Waals surface area contributed by atoms with Gasteiger partial charge in [0.1, 0.15) is 0 Å². The molecule has 5 nitrogen and oxygen atoms in total. The van der Waals surface area contributed by atoms with Crippen molar-refractivity contribution in [3.8, 4) is 0 Å². The maximum Gasteiger partial charge on any atom is 0.288 e. The van der Waals surface area contributed by atoms with Crippen LogP contribution >= 0.6 is 0 Å². The number of oxazole rings is 1. The average molecular weight is 226 g/mol. The molecule has 0 aliphatic carbocycles. The summed E-state index contributed by atoms with van der Waals surface area (Å²) < 4.78 is 4.97. The lowest BCUT2D eigenvalue weighted by Crippen LogP contribution is -2.24. The minimum atomic E-state index is -0.211. The van der Waals surface area contributed by atoms with Crippen molar-refractivity contribution in [2.24, 2.45) is 0 Å². The first-order chi connectivity index (χ1) is 7.75. The lowest BCUT2D eigenvalue weighted by molar-refractivity contribution is 0.0924. The van der Waals surface area contributed by atoms with Gasteiger partial charge in [-0.1, -0.05) is 12.8 Å². The number of nitrogens with one attached hydrogen (secondary N) is 1. The Morgan fingerprint density at radius 3 is 2.81 bits per heavy atom. The molecule has 1 amide bonds. The Morgan fingerprint density at radius 2 is 2.19 bits per heavy atom. The van der Waals surface area contributed by atoms with Crippen molar-refractivity contribution in [3.05, 3.63) is 17.8 Å². The molecule has 0 aliphatic heterocycles. The van der Waals surface area contributed by atoms with E-state index in [1.54, 1.807) is 6.92 Å². The van der Waals surface area contributed by atoms with Gasteiger partial charge in [-0.25, -0.2) is 4.98 Å². The van der Waals surface area contributed by atoms with Crippen LogP contribution in [-0.4, -0.2) is 29.1 Å². The number of aryl methyl sites for hydroxylation is 1. The highest BCUT2D eigenvalue weighted by atomic mass is 16.3. The lowest BCUT2D eigenvalue weighted by atomic mass is 10.2. The molecule has 5 heteroatoms. The van der Waals surface area contributed by atoms with Crippen molar-refractivity contribution in [2.75, 3.05) is 13.2 Å². The molecule has 1 heterocycles. The molecule has 0 unspecified atom stereocenters. The summed E-state index contributed by atoms with van der Waals surface area (Å²) >= 11 is 0. The number of carbonyl (C=O) groups excluding carboxylic acids is 1. The SMILES string of the molecule is Cc1ncoc1C(=O)NCCCCCCO. The molecule has 2 N–H and O–H groups in total. The zero-order valence-electron chi connectivity index (χ0n) is 9.53. The fraction of sp³-hybridized carbons (Fsp3) is 0.636. The highest BCUT2D eigenvalue weighted by Gasteiger charge is 2.12. The molecule has 90 valence electrons. The van der Waals surface area contributed by atoms with Gasteiger partial charge in [0, 0.05) is 13.2 Å². The third-order valence-electron chi connectivity index (χ3n) is 2.32. The first kappa shape index (κ1) is 12.7. The van der Waals surface area contributed by atoms with Crippen LogP contribution < -0.4 is 5.32 Å². The van der Waals surface area contributed by atoms with E-state index in [0.29, 0.717) is 12.2 Å². The van der Waals surface area contributed by atoms with E-state index in [0.717, 1.165) is 25.7 Å². The molecule has 0 radical (unpaired) electrons. The van der Waals surface area contributed by atoms with Gasteiger partial charge in [0.25, 0.3) is 5.91 Å². The van der Waals surface area contributed by atoms with Crippen LogP contribution in [0.25, 0.3) is 0 Å². The molecule has 1 rings (SSSR count). The maximum absolute atomic E-state index is 11.5. The number of rotatable bonds is 7. The van der Waals surface area contributed by atoms with E-state index in [2.05, 4.69) is 10.3 Å². The summed E-state index contributed by atoms with van der Waals surface area (Å²) in [5.74, 6) is 0.0764. The summed E-state index contributed by atoms with van der Waals surface area (Å²) in [4.78, 5) is 15.4. The topological polar surface area (TPSA) is 75.4 Å². The van der Waals surface area contributed by atoms with Gasteiger partial charge in [-0.3, -0.25) is 4.79 Å². The highest BCUT2D eigenvalue weighted by Crippen LogP contribution is 2.04. The molecule has 1 aromatic rings. The van der Waals surface area contributed by atoms with E-state index < -0.39 is 0 Å². The third-order valence-corrected chi connectivity index (χ3v) is 2.32. The Hall–Kier alpha value is -1.36. The molecule has 1 aromatic heterocycles. The summed E-state index contributed by atoms with van der Waals surface area (Å²) in [6.45, 7) is 2.60. The first-order valence-corrected chi connectivity index (χ1v) is 5.55. The minimum absolute atomic E-state index is 0.211. The molecule has 0 spiro atoms. The quantitative estimate of drug-likeness (QED) is 0.686. The number of hydrogen-bond acceptors (Lipinski definition) is 4. The third kappa shape index (κ3) is 4.02. The van der Waals surface area contributed by atoms with Gasteiger partial charge in [-0.2, -0.15) is 0 Å². The zero-order valence-corrected chi connectivity index (χ0v) is 9.53. The Morgan fingerprint density at radius 1 is 1.44 bits per heavy atom. The lowest BCUT2D eigenvalue weighted by Gasteiger charge is -2.02. The van der Waals surface area contributed by atoms with Crippen LogP contribution in [0.4, 0.5) is 0 Å². The number of carbonyl (C=O) groups is 1. The summed E-state index contributed by atoms with van der Waals surface area (Å²) in [6, 6.07) is 0. The van der Waals surface area contributed by atoms with Crippen LogP contribution in [0.5, 0.6) is 0 Å². The second-order valence-electron chi connectivity index (χ2n) is 3.66. The molecule has 0 saturated heterocycles. The zero-order chi connectivity index (χ0) is 11.8. The monoisotopic (exact) mass is 226 g/mol. The predicted molar refractivity (Wildman–Crippen MR) is 59.1 cm³/mol. The Kier molecular flexibility index (Phi) is 5.56. The van der Waals surface area contributed by atoms with Gasteiger partial charge >= 0.3 is 0 Å². The summed E-state index contributed by atoms with van der Waals surface area (Å²) in [6.07, 6.45) is 5.02. The Balaban J connectivity index is 2.14. The molecule has 0 aliphatic rings. The van der Waals surface area contributed by atoms with Crippen LogP contribution in [0.2, 0.25) is 0 Å². The van der Waals surface area contributed by atoms with Crippen LogP contribution in [0.1, 0.15) is 41.9 Å². The largest absolute Gasteiger partial charge is 0.438 e. The fourth-order valence-corrected chi connectivity index (χ4v) is 1.39. The van der Waals surface area contributed by atoms with Gasteiger partial charge in [0.2, 0.25) is 5.76 Å². The number of aliphatic hydroxyl groups is 1. The van der Waals surface area contributed by atoms with Crippen LogP contribution in [0, 0.1) is 6.92 Å². The molecule has 0 saturated carbocycles. The van der Waals surface area contributed by atoms with E-state index in [4.69, 9.17) is 9.52 Å². The summed E-state index contributed by atoms with van der Waals surface area (Å²) in [7, 11) is 0. The van der Waals surface area contributed by atoms with E-state index >= 15 is 0 Å². The molecule has 0 atom stereocenters. The van der Waals surface area contributed by atoms with Crippen LogP contribution in [0.3, 0.4) is 0 Å². The van der Waals surface area contributed by atoms with Gasteiger partial charge in [-0.15, -0.1) is 0 Å². The fourth-order valence-electron chi connectivity index (χ4n) is 1.39. The predicted octanol–water partition coefficient (Wildman–Crippen LogP) is 1.27. The number of unbranched alkanes of at least 4 members (excludes halogenated alkanes) is 3. The normalized spacial score (nSPS) is 10.4. The second-order valence-corrected chi connectivity index (χ2v) is 3.66. The van der Waals surface area contributed by atoms with Crippen LogP contribution in [-0.2, 0) is 0 Å². The van der Waals surface area contributed by atoms with Gasteiger partial charge in [0.05, 0.1) is 5.69 Å². The van der Waals surface area contributed by atoms with Crippen molar-refractivity contribution >= 4 is 5.91 Å². The maximum atomic E-state index is 11.5.